The molecular formula is C13H12BN5OS. The molecule has 0 fully saturated rings. The molecular weight excluding hydrogens is 285 g/mol. The summed E-state index contributed by atoms with van der Waals surface area (Å²) in [6.07, 6.45) is 0. The van der Waals surface area contributed by atoms with Gasteiger partial charge >= 0.3 is 8.05 Å². The maximum atomic E-state index is 9.48. The number of rotatable bonds is 3. The Bertz CT molecular complexity index is 762. The SMILES string of the molecule is [B]OC(=C(C#N)c1nnc(C)nc1C)c1sc(C)nc1C. The monoisotopic (exact) mass is 297 g/mol. The van der Waals surface area contributed by atoms with E-state index in [0.29, 0.717) is 22.1 Å². The zero-order valence-corrected chi connectivity index (χ0v) is 12.9. The lowest BCUT2D eigenvalue weighted by atomic mass is 10.1. The third-order valence-corrected chi connectivity index (χ3v) is 3.84. The molecule has 0 aliphatic rings. The van der Waals surface area contributed by atoms with Crippen molar-refractivity contribution in [1.29, 1.82) is 5.26 Å². The Kier molecular flexibility index (Phi) is 4.33. The molecule has 0 spiro atoms. The molecule has 21 heavy (non-hydrogen) atoms. The lowest BCUT2D eigenvalue weighted by Crippen LogP contribution is -2.04. The highest BCUT2D eigenvalue weighted by Gasteiger charge is 2.20. The van der Waals surface area contributed by atoms with Crippen LogP contribution >= 0.6 is 11.3 Å². The molecule has 0 saturated heterocycles. The molecule has 2 radical (unpaired) electrons. The predicted molar refractivity (Wildman–Crippen MR) is 80.2 cm³/mol. The molecule has 6 nitrogen and oxygen atoms in total. The number of nitrogens with zero attached hydrogens (tertiary/aromatic N) is 5. The largest absolute Gasteiger partial charge is 0.566 e. The van der Waals surface area contributed by atoms with Crippen molar-refractivity contribution in [3.05, 3.63) is 32.8 Å². The zero-order chi connectivity index (χ0) is 15.6. The average molecular weight is 297 g/mol. The molecule has 0 aliphatic heterocycles. The molecule has 0 bridgehead atoms. The van der Waals surface area contributed by atoms with Gasteiger partial charge in [0, 0.05) is 0 Å². The summed E-state index contributed by atoms with van der Waals surface area (Å²) in [5, 5.41) is 18.3. The van der Waals surface area contributed by atoms with Crippen LogP contribution in [0.2, 0.25) is 0 Å². The third kappa shape index (κ3) is 2.93. The standard InChI is InChI=1S/C13H12BN5OS/c1-6-11(19-18-8(3)16-6)10(5-15)12(20-14)13-7(2)17-9(4)21-13/h1-4H3. The molecule has 2 heterocycles. The lowest BCUT2D eigenvalue weighted by Gasteiger charge is -2.09. The molecule has 0 N–H and O–H groups in total. The molecule has 2 aromatic rings. The van der Waals surface area contributed by atoms with E-state index in [1.165, 1.54) is 11.3 Å². The first-order chi connectivity index (χ1) is 9.97. The first kappa shape index (κ1) is 15.1. The summed E-state index contributed by atoms with van der Waals surface area (Å²) in [7, 11) is 5.38. The highest BCUT2D eigenvalue weighted by molar-refractivity contribution is 7.12. The summed E-state index contributed by atoms with van der Waals surface area (Å²) in [5.74, 6) is 0.775. The first-order valence-corrected chi connectivity index (χ1v) is 6.93. The van der Waals surface area contributed by atoms with E-state index < -0.39 is 0 Å². The van der Waals surface area contributed by atoms with Gasteiger partial charge in [-0.1, -0.05) is 0 Å². The third-order valence-electron chi connectivity index (χ3n) is 2.77. The fourth-order valence-corrected chi connectivity index (χ4v) is 2.84. The van der Waals surface area contributed by atoms with E-state index in [1.54, 1.807) is 13.8 Å². The minimum Gasteiger partial charge on any atom is -0.566 e. The van der Waals surface area contributed by atoms with E-state index in [1.807, 2.05) is 13.8 Å². The van der Waals surface area contributed by atoms with Gasteiger partial charge in [-0.2, -0.15) is 5.26 Å². The van der Waals surface area contributed by atoms with Crippen LogP contribution in [-0.4, -0.2) is 28.2 Å². The van der Waals surface area contributed by atoms with Crippen molar-refractivity contribution < 1.29 is 4.65 Å². The molecule has 0 atom stereocenters. The number of hydrogen-bond donors (Lipinski definition) is 0. The predicted octanol–water partition coefficient (Wildman–Crippen LogP) is 2.05. The van der Waals surface area contributed by atoms with Gasteiger partial charge in [0.1, 0.15) is 28.9 Å². The second-order valence-corrected chi connectivity index (χ2v) is 5.58. The van der Waals surface area contributed by atoms with E-state index in [0.717, 1.165) is 10.7 Å². The Morgan fingerprint density at radius 1 is 1.14 bits per heavy atom. The van der Waals surface area contributed by atoms with Crippen LogP contribution in [0, 0.1) is 39.0 Å². The quantitative estimate of drug-likeness (QED) is 0.490. The fourth-order valence-electron chi connectivity index (χ4n) is 1.92. The van der Waals surface area contributed by atoms with Gasteiger partial charge in [-0.05, 0) is 27.7 Å². The Balaban J connectivity index is 2.70. The molecule has 0 aromatic carbocycles. The van der Waals surface area contributed by atoms with Gasteiger partial charge in [0.05, 0.1) is 21.3 Å². The lowest BCUT2D eigenvalue weighted by molar-refractivity contribution is 0.575. The van der Waals surface area contributed by atoms with Crippen LogP contribution in [0.25, 0.3) is 11.3 Å². The fraction of sp³-hybridized carbons (Fsp3) is 0.308. The van der Waals surface area contributed by atoms with Crippen LogP contribution in [0.1, 0.15) is 32.8 Å². The summed E-state index contributed by atoms with van der Waals surface area (Å²) in [4.78, 5) is 9.23. The van der Waals surface area contributed by atoms with Crippen LogP contribution in [0.15, 0.2) is 0 Å². The Labute approximate surface area is 128 Å². The molecule has 0 saturated carbocycles. The Hall–Kier alpha value is -2.27. The molecule has 0 aliphatic carbocycles. The van der Waals surface area contributed by atoms with E-state index in [2.05, 4.69) is 26.2 Å². The van der Waals surface area contributed by atoms with Crippen LogP contribution in [0.3, 0.4) is 0 Å². The molecule has 2 rings (SSSR count). The molecule has 0 unspecified atom stereocenters. The maximum Gasteiger partial charge on any atom is 0.374 e. The van der Waals surface area contributed by atoms with Crippen LogP contribution in [0.4, 0.5) is 0 Å². The van der Waals surface area contributed by atoms with Gasteiger partial charge in [0.25, 0.3) is 0 Å². The van der Waals surface area contributed by atoms with Crippen LogP contribution in [0.5, 0.6) is 0 Å². The van der Waals surface area contributed by atoms with Gasteiger partial charge in [-0.15, -0.1) is 21.5 Å². The second-order valence-electron chi connectivity index (χ2n) is 4.37. The number of allylic oxidation sites excluding steroid dienone is 1. The van der Waals surface area contributed by atoms with Gasteiger partial charge in [0.15, 0.2) is 0 Å². The molecule has 8 heteroatoms. The minimum atomic E-state index is 0.196. The van der Waals surface area contributed by atoms with E-state index >= 15 is 0 Å². The van der Waals surface area contributed by atoms with Crippen LogP contribution < -0.4 is 0 Å². The van der Waals surface area contributed by atoms with Gasteiger partial charge < -0.3 is 4.65 Å². The Morgan fingerprint density at radius 2 is 1.86 bits per heavy atom. The summed E-state index contributed by atoms with van der Waals surface area (Å²) < 4.78 is 4.96. The summed E-state index contributed by atoms with van der Waals surface area (Å²) >= 11 is 1.40. The van der Waals surface area contributed by atoms with Crippen molar-refractivity contribution in [2.45, 2.75) is 27.7 Å². The topological polar surface area (TPSA) is 84.6 Å². The summed E-state index contributed by atoms with van der Waals surface area (Å²) in [6, 6.07) is 2.08. The smallest absolute Gasteiger partial charge is 0.374 e. The Morgan fingerprint density at radius 3 is 2.33 bits per heavy atom. The number of nitriles is 1. The average Bonchev–Trinajstić information content (AvgIpc) is 2.76. The number of aryl methyl sites for hydroxylation is 4. The van der Waals surface area contributed by atoms with Crippen molar-refractivity contribution in [3.8, 4) is 6.07 Å². The van der Waals surface area contributed by atoms with Crippen LogP contribution in [-0.2, 0) is 4.65 Å². The zero-order valence-electron chi connectivity index (χ0n) is 12.1. The molecule has 104 valence electrons. The van der Waals surface area contributed by atoms with Crippen molar-refractivity contribution in [2.75, 3.05) is 0 Å². The van der Waals surface area contributed by atoms with Gasteiger partial charge in [-0.3, -0.25) is 0 Å². The number of hydrogen-bond acceptors (Lipinski definition) is 7. The number of thiazole rings is 1. The van der Waals surface area contributed by atoms with Crippen molar-refractivity contribution in [1.82, 2.24) is 20.2 Å². The molecule has 0 amide bonds. The highest BCUT2D eigenvalue weighted by atomic mass is 32.1. The molecule has 2 aromatic heterocycles. The number of aromatic nitrogens is 4. The van der Waals surface area contributed by atoms with Gasteiger partial charge in [-0.25, -0.2) is 9.97 Å². The van der Waals surface area contributed by atoms with Crippen molar-refractivity contribution >= 4 is 30.7 Å². The first-order valence-electron chi connectivity index (χ1n) is 6.11. The highest BCUT2D eigenvalue weighted by Crippen LogP contribution is 2.32. The van der Waals surface area contributed by atoms with Crippen molar-refractivity contribution in [2.24, 2.45) is 0 Å². The van der Waals surface area contributed by atoms with Crippen molar-refractivity contribution in [3.63, 3.8) is 0 Å². The summed E-state index contributed by atoms with van der Waals surface area (Å²) in [5.41, 5.74) is 1.89. The van der Waals surface area contributed by atoms with E-state index in [4.69, 9.17) is 12.7 Å². The van der Waals surface area contributed by atoms with E-state index in [9.17, 15) is 5.26 Å². The van der Waals surface area contributed by atoms with Gasteiger partial charge in [0.2, 0.25) is 0 Å². The minimum absolute atomic E-state index is 0.196. The normalized spacial score (nSPS) is 11.8. The second kappa shape index (κ2) is 6.02. The van der Waals surface area contributed by atoms with E-state index in [-0.39, 0.29) is 11.3 Å². The maximum absolute atomic E-state index is 9.48. The summed E-state index contributed by atoms with van der Waals surface area (Å²) in [6.45, 7) is 7.20.